The van der Waals surface area contributed by atoms with Gasteiger partial charge in [0.25, 0.3) is 0 Å². The number of carboxylic acid groups (broad SMARTS) is 1. The standard InChI is InChI=1S/C16H26N2O3/c1-6-21-9-14(11(4)5)18-15-8-12(16(19)20)7-13(17-15)10(2)3/h7-8,10-11,14H,6,9H2,1-5H3,(H,17,18)(H,19,20). The van der Waals surface area contributed by atoms with E-state index in [1.165, 1.54) is 0 Å². The van der Waals surface area contributed by atoms with E-state index in [9.17, 15) is 9.90 Å². The van der Waals surface area contributed by atoms with E-state index >= 15 is 0 Å². The van der Waals surface area contributed by atoms with Crippen molar-refractivity contribution in [3.05, 3.63) is 23.4 Å². The van der Waals surface area contributed by atoms with E-state index in [-0.39, 0.29) is 17.5 Å². The fourth-order valence-corrected chi connectivity index (χ4v) is 1.88. The van der Waals surface area contributed by atoms with E-state index in [4.69, 9.17) is 4.74 Å². The largest absolute Gasteiger partial charge is 0.478 e. The van der Waals surface area contributed by atoms with Crippen LogP contribution in [0, 0.1) is 5.92 Å². The number of ether oxygens (including phenoxy) is 1. The third-order valence-electron chi connectivity index (χ3n) is 3.32. The number of aromatic nitrogens is 1. The van der Waals surface area contributed by atoms with Gasteiger partial charge in [-0.25, -0.2) is 9.78 Å². The molecular formula is C16H26N2O3. The quantitative estimate of drug-likeness (QED) is 0.769. The number of nitrogens with one attached hydrogen (secondary N) is 1. The number of carboxylic acids is 1. The molecule has 1 heterocycles. The molecule has 0 aromatic carbocycles. The Balaban J connectivity index is 3.01. The third-order valence-corrected chi connectivity index (χ3v) is 3.32. The van der Waals surface area contributed by atoms with E-state index in [0.29, 0.717) is 24.9 Å². The molecule has 0 amide bonds. The maximum absolute atomic E-state index is 11.2. The molecule has 0 bridgehead atoms. The summed E-state index contributed by atoms with van der Waals surface area (Å²) < 4.78 is 5.48. The van der Waals surface area contributed by atoms with Gasteiger partial charge in [-0.2, -0.15) is 0 Å². The number of hydrogen-bond acceptors (Lipinski definition) is 4. The zero-order valence-corrected chi connectivity index (χ0v) is 13.5. The number of carbonyl (C=O) groups is 1. The molecule has 21 heavy (non-hydrogen) atoms. The SMILES string of the molecule is CCOCC(Nc1cc(C(=O)O)cc(C(C)C)n1)C(C)C. The first-order valence-electron chi connectivity index (χ1n) is 7.44. The average molecular weight is 294 g/mol. The summed E-state index contributed by atoms with van der Waals surface area (Å²) in [6, 6.07) is 3.31. The fraction of sp³-hybridized carbons (Fsp3) is 0.625. The summed E-state index contributed by atoms with van der Waals surface area (Å²) in [6.07, 6.45) is 0. The molecule has 2 N–H and O–H groups in total. The van der Waals surface area contributed by atoms with Crippen LogP contribution in [0.25, 0.3) is 0 Å². The lowest BCUT2D eigenvalue weighted by molar-refractivity contribution is 0.0696. The number of anilines is 1. The summed E-state index contributed by atoms with van der Waals surface area (Å²) in [5.41, 5.74) is 1.03. The van der Waals surface area contributed by atoms with Gasteiger partial charge in [0.2, 0.25) is 0 Å². The van der Waals surface area contributed by atoms with Crippen LogP contribution in [0.3, 0.4) is 0 Å². The molecule has 0 saturated carbocycles. The lowest BCUT2D eigenvalue weighted by atomic mass is 10.0. The van der Waals surface area contributed by atoms with Crippen molar-refractivity contribution >= 4 is 11.8 Å². The van der Waals surface area contributed by atoms with Crippen molar-refractivity contribution < 1.29 is 14.6 Å². The highest BCUT2D eigenvalue weighted by molar-refractivity contribution is 5.88. The van der Waals surface area contributed by atoms with Gasteiger partial charge in [0.05, 0.1) is 18.2 Å². The molecule has 0 fully saturated rings. The van der Waals surface area contributed by atoms with Gasteiger partial charge in [0, 0.05) is 12.3 Å². The van der Waals surface area contributed by atoms with Crippen LogP contribution in [0.4, 0.5) is 5.82 Å². The van der Waals surface area contributed by atoms with E-state index < -0.39 is 5.97 Å². The van der Waals surface area contributed by atoms with Gasteiger partial charge in [-0.05, 0) is 30.9 Å². The Morgan fingerprint density at radius 2 is 2.00 bits per heavy atom. The van der Waals surface area contributed by atoms with Gasteiger partial charge in [-0.15, -0.1) is 0 Å². The molecule has 5 nitrogen and oxygen atoms in total. The Labute approximate surface area is 126 Å². The first kappa shape index (κ1) is 17.4. The molecule has 0 saturated heterocycles. The minimum absolute atomic E-state index is 0.0986. The van der Waals surface area contributed by atoms with E-state index in [2.05, 4.69) is 24.1 Å². The number of nitrogens with zero attached hydrogens (tertiary/aromatic N) is 1. The highest BCUT2D eigenvalue weighted by atomic mass is 16.5. The minimum atomic E-state index is -0.937. The van der Waals surface area contributed by atoms with Crippen LogP contribution in [0.2, 0.25) is 0 Å². The zero-order chi connectivity index (χ0) is 16.0. The maximum Gasteiger partial charge on any atom is 0.335 e. The molecule has 118 valence electrons. The normalized spacial score (nSPS) is 12.7. The fourth-order valence-electron chi connectivity index (χ4n) is 1.88. The first-order chi connectivity index (χ1) is 9.85. The summed E-state index contributed by atoms with van der Waals surface area (Å²) in [4.78, 5) is 15.8. The zero-order valence-electron chi connectivity index (χ0n) is 13.5. The van der Waals surface area contributed by atoms with Crippen molar-refractivity contribution in [1.82, 2.24) is 4.98 Å². The smallest absolute Gasteiger partial charge is 0.335 e. The number of pyridine rings is 1. The van der Waals surface area contributed by atoms with Crippen LogP contribution in [0.1, 0.15) is 56.6 Å². The predicted octanol–water partition coefficient (Wildman–Crippen LogP) is 3.38. The lowest BCUT2D eigenvalue weighted by Gasteiger charge is -2.23. The Morgan fingerprint density at radius 3 is 2.48 bits per heavy atom. The second-order valence-corrected chi connectivity index (χ2v) is 5.78. The summed E-state index contributed by atoms with van der Waals surface area (Å²) >= 11 is 0. The van der Waals surface area contributed by atoms with Crippen molar-refractivity contribution in [3.63, 3.8) is 0 Å². The summed E-state index contributed by atoms with van der Waals surface area (Å²) in [6.45, 7) is 11.4. The van der Waals surface area contributed by atoms with E-state index in [0.717, 1.165) is 5.69 Å². The molecule has 0 aliphatic carbocycles. The highest BCUT2D eigenvalue weighted by Crippen LogP contribution is 2.19. The van der Waals surface area contributed by atoms with E-state index in [1.54, 1.807) is 12.1 Å². The lowest BCUT2D eigenvalue weighted by Crippen LogP contribution is -2.31. The maximum atomic E-state index is 11.2. The monoisotopic (exact) mass is 294 g/mol. The van der Waals surface area contributed by atoms with Crippen LogP contribution in [-0.4, -0.2) is 35.3 Å². The molecule has 0 aliphatic rings. The second kappa shape index (κ2) is 7.98. The van der Waals surface area contributed by atoms with Crippen LogP contribution in [0.15, 0.2) is 12.1 Å². The molecule has 1 unspecified atom stereocenters. The molecule has 1 aromatic heterocycles. The summed E-state index contributed by atoms with van der Waals surface area (Å²) in [7, 11) is 0. The summed E-state index contributed by atoms with van der Waals surface area (Å²) in [5.74, 6) is 0.189. The number of hydrogen-bond donors (Lipinski definition) is 2. The van der Waals surface area contributed by atoms with Gasteiger partial charge in [-0.3, -0.25) is 0 Å². The van der Waals surface area contributed by atoms with Gasteiger partial charge in [-0.1, -0.05) is 27.7 Å². The van der Waals surface area contributed by atoms with Crippen molar-refractivity contribution in [2.45, 2.75) is 46.6 Å². The average Bonchev–Trinajstić information content (AvgIpc) is 2.42. The molecule has 1 atom stereocenters. The van der Waals surface area contributed by atoms with Crippen molar-refractivity contribution in [2.24, 2.45) is 5.92 Å². The molecule has 1 rings (SSSR count). The van der Waals surface area contributed by atoms with Crippen molar-refractivity contribution in [3.8, 4) is 0 Å². The van der Waals surface area contributed by atoms with Crippen LogP contribution in [-0.2, 0) is 4.74 Å². The second-order valence-electron chi connectivity index (χ2n) is 5.78. The van der Waals surface area contributed by atoms with Gasteiger partial charge < -0.3 is 15.2 Å². The van der Waals surface area contributed by atoms with Crippen molar-refractivity contribution in [1.29, 1.82) is 0 Å². The molecular weight excluding hydrogens is 268 g/mol. The van der Waals surface area contributed by atoms with Gasteiger partial charge in [0.15, 0.2) is 0 Å². The summed E-state index contributed by atoms with van der Waals surface area (Å²) in [5, 5.41) is 12.5. The predicted molar refractivity (Wildman–Crippen MR) is 84.0 cm³/mol. The topological polar surface area (TPSA) is 71.5 Å². The third kappa shape index (κ3) is 5.34. The Bertz CT molecular complexity index is 473. The Morgan fingerprint density at radius 1 is 1.33 bits per heavy atom. The molecule has 5 heteroatoms. The Hall–Kier alpha value is -1.62. The van der Waals surface area contributed by atoms with Crippen LogP contribution in [0.5, 0.6) is 0 Å². The molecule has 0 radical (unpaired) electrons. The van der Waals surface area contributed by atoms with Gasteiger partial charge >= 0.3 is 5.97 Å². The molecule has 0 aliphatic heterocycles. The first-order valence-corrected chi connectivity index (χ1v) is 7.44. The molecule has 0 spiro atoms. The minimum Gasteiger partial charge on any atom is -0.478 e. The number of rotatable bonds is 8. The molecule has 1 aromatic rings. The Kier molecular flexibility index (Phi) is 6.62. The van der Waals surface area contributed by atoms with Crippen LogP contribution < -0.4 is 5.32 Å². The van der Waals surface area contributed by atoms with Crippen LogP contribution >= 0.6 is 0 Å². The van der Waals surface area contributed by atoms with E-state index in [1.807, 2.05) is 20.8 Å². The number of aromatic carboxylic acids is 1. The van der Waals surface area contributed by atoms with Gasteiger partial charge in [0.1, 0.15) is 5.82 Å². The van der Waals surface area contributed by atoms with Crippen molar-refractivity contribution in [2.75, 3.05) is 18.5 Å². The highest BCUT2D eigenvalue weighted by Gasteiger charge is 2.16.